The molecule has 0 saturated carbocycles. The van der Waals surface area contributed by atoms with E-state index in [4.69, 9.17) is 4.42 Å². The fourth-order valence-corrected chi connectivity index (χ4v) is 2.41. The molecule has 0 unspecified atom stereocenters. The lowest BCUT2D eigenvalue weighted by atomic mass is 10.2. The molecular weight excluding hydrogens is 339 g/mol. The Morgan fingerprint density at radius 3 is 2.94 bits per heavy atom. The molecule has 2 rings (SSSR count). The van der Waals surface area contributed by atoms with Crippen LogP contribution in [0.3, 0.4) is 0 Å². The Bertz CT molecular complexity index is 496. The molecule has 3 nitrogen and oxygen atoms in total. The fraction of sp³-hybridized carbons (Fsp3) is 0.357. The second-order valence-corrected chi connectivity index (χ2v) is 5.22. The van der Waals surface area contributed by atoms with Gasteiger partial charge in [-0.3, -0.25) is 0 Å². The van der Waals surface area contributed by atoms with E-state index in [1.54, 1.807) is 0 Å². The number of halogens is 1. The molecule has 1 aromatic carbocycles. The first-order valence-electron chi connectivity index (χ1n) is 6.21. The van der Waals surface area contributed by atoms with Gasteiger partial charge in [0.15, 0.2) is 11.7 Å². The van der Waals surface area contributed by atoms with Crippen LogP contribution in [0.25, 0.3) is 11.3 Å². The number of aryl methyl sites for hydroxylation is 1. The van der Waals surface area contributed by atoms with Gasteiger partial charge in [0.25, 0.3) is 0 Å². The highest BCUT2D eigenvalue weighted by molar-refractivity contribution is 14.1. The highest BCUT2D eigenvalue weighted by Gasteiger charge is 2.08. The Balaban J connectivity index is 2.00. The van der Waals surface area contributed by atoms with Gasteiger partial charge in [0.05, 0.1) is 6.20 Å². The Morgan fingerprint density at radius 1 is 1.33 bits per heavy atom. The van der Waals surface area contributed by atoms with Gasteiger partial charge in [0.1, 0.15) is 0 Å². The van der Waals surface area contributed by atoms with Crippen molar-refractivity contribution in [1.29, 1.82) is 0 Å². The maximum Gasteiger partial charge on any atom is 0.194 e. The Morgan fingerprint density at radius 2 is 2.17 bits per heavy atom. The Labute approximate surface area is 121 Å². The van der Waals surface area contributed by atoms with Crippen LogP contribution in [0.1, 0.15) is 19.2 Å². The Hall–Kier alpha value is -0.880. The van der Waals surface area contributed by atoms with Crippen LogP contribution in [0.5, 0.6) is 0 Å². The molecule has 1 heterocycles. The molecule has 0 amide bonds. The summed E-state index contributed by atoms with van der Waals surface area (Å²) in [5.41, 5.74) is 1.11. The summed E-state index contributed by atoms with van der Waals surface area (Å²) in [5, 5.41) is 3.30. The average molecular weight is 356 g/mol. The van der Waals surface area contributed by atoms with Gasteiger partial charge in [-0.15, -0.1) is 0 Å². The van der Waals surface area contributed by atoms with E-state index in [2.05, 4.69) is 51.9 Å². The van der Waals surface area contributed by atoms with Crippen molar-refractivity contribution in [1.82, 2.24) is 10.3 Å². The topological polar surface area (TPSA) is 38.1 Å². The number of aromatic nitrogens is 1. The number of hydrogen-bond donors (Lipinski definition) is 1. The molecule has 0 aliphatic carbocycles. The van der Waals surface area contributed by atoms with Crippen LogP contribution >= 0.6 is 22.6 Å². The van der Waals surface area contributed by atoms with Gasteiger partial charge in [-0.1, -0.05) is 25.1 Å². The zero-order valence-corrected chi connectivity index (χ0v) is 12.6. The number of benzene rings is 1. The lowest BCUT2D eigenvalue weighted by Gasteiger charge is -2.00. The third-order valence-corrected chi connectivity index (χ3v) is 3.63. The molecule has 0 aliphatic rings. The maximum atomic E-state index is 5.79. The van der Waals surface area contributed by atoms with E-state index in [9.17, 15) is 0 Å². The van der Waals surface area contributed by atoms with Crippen LogP contribution in [0.15, 0.2) is 34.9 Å². The summed E-state index contributed by atoms with van der Waals surface area (Å²) in [7, 11) is 0. The molecule has 0 saturated heterocycles. The minimum atomic E-state index is 0.822. The summed E-state index contributed by atoms with van der Waals surface area (Å²) in [6.07, 6.45) is 3.76. The molecule has 1 N–H and O–H groups in total. The molecule has 0 spiro atoms. The van der Waals surface area contributed by atoms with Crippen molar-refractivity contribution in [2.75, 3.05) is 13.1 Å². The molecule has 0 aliphatic heterocycles. The summed E-state index contributed by atoms with van der Waals surface area (Å²) >= 11 is 2.32. The normalized spacial score (nSPS) is 10.8. The smallest absolute Gasteiger partial charge is 0.194 e. The number of oxazole rings is 1. The van der Waals surface area contributed by atoms with Crippen molar-refractivity contribution in [2.45, 2.75) is 19.8 Å². The molecule has 2 aromatic rings. The second-order valence-electron chi connectivity index (χ2n) is 4.06. The van der Waals surface area contributed by atoms with Gasteiger partial charge in [0, 0.05) is 15.6 Å². The van der Waals surface area contributed by atoms with E-state index < -0.39 is 0 Å². The third-order valence-electron chi connectivity index (χ3n) is 2.69. The van der Waals surface area contributed by atoms with Crippen molar-refractivity contribution >= 4 is 22.6 Å². The molecule has 0 radical (unpaired) electrons. The third kappa shape index (κ3) is 3.55. The van der Waals surface area contributed by atoms with Crippen LogP contribution < -0.4 is 5.32 Å². The number of hydrogen-bond acceptors (Lipinski definition) is 3. The van der Waals surface area contributed by atoms with E-state index in [-0.39, 0.29) is 0 Å². The van der Waals surface area contributed by atoms with Crippen molar-refractivity contribution < 1.29 is 4.42 Å². The predicted molar refractivity (Wildman–Crippen MR) is 81.5 cm³/mol. The highest BCUT2D eigenvalue weighted by atomic mass is 127. The van der Waals surface area contributed by atoms with E-state index in [1.165, 1.54) is 3.57 Å². The monoisotopic (exact) mass is 356 g/mol. The molecule has 18 heavy (non-hydrogen) atoms. The van der Waals surface area contributed by atoms with Crippen LogP contribution in [0, 0.1) is 3.57 Å². The lowest BCUT2D eigenvalue weighted by molar-refractivity contribution is 0.493. The second kappa shape index (κ2) is 6.89. The maximum absolute atomic E-state index is 5.79. The first-order valence-corrected chi connectivity index (χ1v) is 7.29. The van der Waals surface area contributed by atoms with Crippen LogP contribution in [-0.2, 0) is 6.42 Å². The van der Waals surface area contributed by atoms with Gasteiger partial charge >= 0.3 is 0 Å². The van der Waals surface area contributed by atoms with Crippen LogP contribution in [-0.4, -0.2) is 18.1 Å². The highest BCUT2D eigenvalue weighted by Crippen LogP contribution is 2.25. The van der Waals surface area contributed by atoms with Crippen LogP contribution in [0.4, 0.5) is 0 Å². The van der Waals surface area contributed by atoms with E-state index >= 15 is 0 Å². The molecule has 0 fully saturated rings. The number of rotatable bonds is 6. The molecular formula is C14H17IN2O. The molecule has 96 valence electrons. The molecule has 1 aromatic heterocycles. The van der Waals surface area contributed by atoms with Crippen molar-refractivity contribution in [3.05, 3.63) is 39.9 Å². The standard InChI is InChI=1S/C14H17IN2O/c1-2-16-9-5-8-14-17-10-13(18-14)11-6-3-4-7-12(11)15/h3-4,6-7,10,16H,2,5,8-9H2,1H3. The van der Waals surface area contributed by atoms with E-state index in [1.807, 2.05) is 18.3 Å². The van der Waals surface area contributed by atoms with Crippen LogP contribution in [0.2, 0.25) is 0 Å². The minimum absolute atomic E-state index is 0.822. The summed E-state index contributed by atoms with van der Waals surface area (Å²) in [6, 6.07) is 8.18. The summed E-state index contributed by atoms with van der Waals surface area (Å²) < 4.78 is 6.97. The van der Waals surface area contributed by atoms with E-state index in [0.717, 1.165) is 43.1 Å². The fourth-order valence-electron chi connectivity index (χ4n) is 1.75. The predicted octanol–water partition coefficient (Wildman–Crippen LogP) is 3.49. The summed E-state index contributed by atoms with van der Waals surface area (Å²) in [4.78, 5) is 4.33. The van der Waals surface area contributed by atoms with Gasteiger partial charge in [-0.05, 0) is 48.2 Å². The van der Waals surface area contributed by atoms with Gasteiger partial charge < -0.3 is 9.73 Å². The largest absolute Gasteiger partial charge is 0.441 e. The Kier molecular flexibility index (Phi) is 5.19. The quantitative estimate of drug-likeness (QED) is 0.636. The SMILES string of the molecule is CCNCCCc1ncc(-c2ccccc2I)o1. The zero-order valence-electron chi connectivity index (χ0n) is 10.4. The van der Waals surface area contributed by atoms with Gasteiger partial charge in [0.2, 0.25) is 0 Å². The zero-order chi connectivity index (χ0) is 12.8. The van der Waals surface area contributed by atoms with Gasteiger partial charge in [-0.25, -0.2) is 4.98 Å². The van der Waals surface area contributed by atoms with Crippen molar-refractivity contribution in [3.8, 4) is 11.3 Å². The first-order chi connectivity index (χ1) is 8.81. The molecule has 0 atom stereocenters. The first kappa shape index (κ1) is 13.5. The number of nitrogens with zero attached hydrogens (tertiary/aromatic N) is 1. The van der Waals surface area contributed by atoms with E-state index in [0.29, 0.717) is 0 Å². The average Bonchev–Trinajstić information content (AvgIpc) is 2.84. The number of nitrogens with one attached hydrogen (secondary N) is 1. The summed E-state index contributed by atoms with van der Waals surface area (Å²) in [5.74, 6) is 1.68. The van der Waals surface area contributed by atoms with Gasteiger partial charge in [-0.2, -0.15) is 0 Å². The van der Waals surface area contributed by atoms with Crippen molar-refractivity contribution in [2.24, 2.45) is 0 Å². The molecule has 0 bridgehead atoms. The molecule has 4 heteroatoms. The van der Waals surface area contributed by atoms with Crippen molar-refractivity contribution in [3.63, 3.8) is 0 Å². The lowest BCUT2D eigenvalue weighted by Crippen LogP contribution is -2.14. The minimum Gasteiger partial charge on any atom is -0.441 e. The summed E-state index contributed by atoms with van der Waals surface area (Å²) in [6.45, 7) is 4.14.